The van der Waals surface area contributed by atoms with Gasteiger partial charge in [0.15, 0.2) is 17.5 Å². The Hall–Kier alpha value is -2.25. The lowest BCUT2D eigenvalue weighted by atomic mass is 9.86. The zero-order valence-electron chi connectivity index (χ0n) is 13.4. The van der Waals surface area contributed by atoms with Gasteiger partial charge in [0, 0.05) is 11.6 Å². The molecule has 5 nitrogen and oxygen atoms in total. The number of urea groups is 1. The van der Waals surface area contributed by atoms with Crippen molar-refractivity contribution in [3.8, 4) is 0 Å². The van der Waals surface area contributed by atoms with E-state index in [1.165, 1.54) is 0 Å². The van der Waals surface area contributed by atoms with Crippen molar-refractivity contribution >= 4 is 12.0 Å². The molecule has 1 unspecified atom stereocenters. The first-order valence-electron chi connectivity index (χ1n) is 8.33. The van der Waals surface area contributed by atoms with Crippen molar-refractivity contribution in [2.75, 3.05) is 0 Å². The van der Waals surface area contributed by atoms with Gasteiger partial charge >= 0.3 is 12.0 Å². The average molecular weight is 356 g/mol. The topological polar surface area (TPSA) is 78.4 Å². The molecular weight excluding hydrogens is 337 g/mol. The molecule has 0 bridgehead atoms. The molecule has 136 valence electrons. The molecule has 0 radical (unpaired) electrons. The van der Waals surface area contributed by atoms with Gasteiger partial charge in [-0.3, -0.25) is 4.79 Å². The van der Waals surface area contributed by atoms with Crippen LogP contribution in [0.25, 0.3) is 0 Å². The molecule has 0 spiro atoms. The predicted octanol–water partition coefficient (Wildman–Crippen LogP) is 3.03. The minimum absolute atomic E-state index is 0.00337. The average Bonchev–Trinajstić information content (AvgIpc) is 2.95. The third-order valence-electron chi connectivity index (χ3n) is 5.05. The standard InChI is InChI=1S/C17H19F3N2O3/c18-11-7-9-3-6-12(13(9)15(20)14(11)19)22-17(25)21-10-4-1-8(2-5-10)16(23)24/h7-8,10,12H,1-6H2,(H,23,24)(H2,21,22,25). The number of halogens is 3. The fourth-order valence-electron chi connectivity index (χ4n) is 3.70. The van der Waals surface area contributed by atoms with Crippen LogP contribution in [0.3, 0.4) is 0 Å². The second-order valence-electron chi connectivity index (χ2n) is 6.65. The molecule has 1 aromatic carbocycles. The molecule has 1 saturated carbocycles. The maximum atomic E-state index is 14.0. The fraction of sp³-hybridized carbons (Fsp3) is 0.529. The Morgan fingerprint density at radius 3 is 2.32 bits per heavy atom. The Labute approximate surface area is 142 Å². The smallest absolute Gasteiger partial charge is 0.315 e. The lowest BCUT2D eigenvalue weighted by molar-refractivity contribution is -0.142. The van der Waals surface area contributed by atoms with Crippen LogP contribution in [0.15, 0.2) is 6.07 Å². The van der Waals surface area contributed by atoms with E-state index in [0.29, 0.717) is 44.1 Å². The molecule has 8 heteroatoms. The van der Waals surface area contributed by atoms with E-state index in [2.05, 4.69) is 10.6 Å². The zero-order valence-corrected chi connectivity index (χ0v) is 13.4. The summed E-state index contributed by atoms with van der Waals surface area (Å²) in [6.45, 7) is 0. The van der Waals surface area contributed by atoms with E-state index in [1.54, 1.807) is 0 Å². The third kappa shape index (κ3) is 3.57. The summed E-state index contributed by atoms with van der Waals surface area (Å²) in [5, 5.41) is 14.3. The molecule has 0 aliphatic heterocycles. The van der Waals surface area contributed by atoms with Crippen LogP contribution in [0.2, 0.25) is 0 Å². The molecule has 2 aliphatic rings. The van der Waals surface area contributed by atoms with Crippen molar-refractivity contribution in [3.05, 3.63) is 34.6 Å². The largest absolute Gasteiger partial charge is 0.481 e. The van der Waals surface area contributed by atoms with Crippen LogP contribution in [0, 0.1) is 23.4 Å². The number of aliphatic carboxylic acids is 1. The molecule has 25 heavy (non-hydrogen) atoms. The number of fused-ring (bicyclic) bond motifs is 1. The number of carboxylic acids is 1. The SMILES string of the molecule is O=C(NC1CCC(C(=O)O)CC1)NC1CCc2cc(F)c(F)c(F)c21. The Kier molecular flexibility index (Phi) is 4.87. The van der Waals surface area contributed by atoms with E-state index >= 15 is 0 Å². The predicted molar refractivity (Wildman–Crippen MR) is 82.4 cm³/mol. The Bertz CT molecular complexity index is 703. The van der Waals surface area contributed by atoms with E-state index in [0.717, 1.165) is 6.07 Å². The fourth-order valence-corrected chi connectivity index (χ4v) is 3.70. The van der Waals surface area contributed by atoms with Gasteiger partial charge < -0.3 is 15.7 Å². The van der Waals surface area contributed by atoms with Gasteiger partial charge in [-0.1, -0.05) is 0 Å². The first-order valence-corrected chi connectivity index (χ1v) is 8.33. The van der Waals surface area contributed by atoms with Gasteiger partial charge in [0.1, 0.15) is 0 Å². The number of carboxylic acid groups (broad SMARTS) is 1. The minimum Gasteiger partial charge on any atom is -0.481 e. The summed E-state index contributed by atoms with van der Waals surface area (Å²) in [5.74, 6) is -5.21. The summed E-state index contributed by atoms with van der Waals surface area (Å²) in [7, 11) is 0. The zero-order chi connectivity index (χ0) is 18.1. The van der Waals surface area contributed by atoms with Gasteiger partial charge in [-0.2, -0.15) is 0 Å². The third-order valence-corrected chi connectivity index (χ3v) is 5.05. The van der Waals surface area contributed by atoms with Crippen molar-refractivity contribution < 1.29 is 27.9 Å². The molecule has 3 N–H and O–H groups in total. The number of carbonyl (C=O) groups is 2. The van der Waals surface area contributed by atoms with E-state index in [-0.39, 0.29) is 17.5 Å². The lowest BCUT2D eigenvalue weighted by Crippen LogP contribution is -2.45. The van der Waals surface area contributed by atoms with E-state index in [4.69, 9.17) is 5.11 Å². The number of rotatable bonds is 3. The van der Waals surface area contributed by atoms with Crippen LogP contribution in [-0.4, -0.2) is 23.1 Å². The van der Waals surface area contributed by atoms with Crippen LogP contribution in [0.5, 0.6) is 0 Å². The Morgan fingerprint density at radius 1 is 1.00 bits per heavy atom. The summed E-state index contributed by atoms with van der Waals surface area (Å²) in [6.07, 6.45) is 2.82. The second kappa shape index (κ2) is 6.93. The van der Waals surface area contributed by atoms with Gasteiger partial charge in [-0.05, 0) is 50.2 Å². The van der Waals surface area contributed by atoms with E-state index in [1.807, 2.05) is 0 Å². The molecule has 1 fully saturated rings. The molecule has 3 rings (SSSR count). The lowest BCUT2D eigenvalue weighted by Gasteiger charge is -2.27. The van der Waals surface area contributed by atoms with Crippen LogP contribution in [-0.2, 0) is 11.2 Å². The number of hydrogen-bond donors (Lipinski definition) is 3. The Balaban J connectivity index is 1.59. The summed E-state index contributed by atoms with van der Waals surface area (Å²) >= 11 is 0. The van der Waals surface area contributed by atoms with Crippen LogP contribution >= 0.6 is 0 Å². The normalized spacial score (nSPS) is 25.3. The highest BCUT2D eigenvalue weighted by atomic mass is 19.2. The van der Waals surface area contributed by atoms with Crippen molar-refractivity contribution in [1.29, 1.82) is 0 Å². The molecule has 2 aliphatic carbocycles. The van der Waals surface area contributed by atoms with Crippen LogP contribution in [0.1, 0.15) is 49.3 Å². The maximum absolute atomic E-state index is 14.0. The molecule has 0 aromatic heterocycles. The number of nitrogens with one attached hydrogen (secondary N) is 2. The summed E-state index contributed by atoms with van der Waals surface area (Å²) < 4.78 is 40.7. The highest BCUT2D eigenvalue weighted by Gasteiger charge is 2.32. The highest BCUT2D eigenvalue weighted by molar-refractivity contribution is 5.75. The molecule has 2 amide bonds. The molecule has 1 aromatic rings. The number of amides is 2. The molecule has 0 heterocycles. The van der Waals surface area contributed by atoms with Gasteiger partial charge in [-0.15, -0.1) is 0 Å². The summed E-state index contributed by atoms with van der Waals surface area (Å²) in [4.78, 5) is 23.0. The van der Waals surface area contributed by atoms with Crippen molar-refractivity contribution in [2.45, 2.75) is 50.6 Å². The van der Waals surface area contributed by atoms with Crippen molar-refractivity contribution in [2.24, 2.45) is 5.92 Å². The quantitative estimate of drug-likeness (QED) is 0.729. The van der Waals surface area contributed by atoms with Gasteiger partial charge in [0.05, 0.1) is 12.0 Å². The van der Waals surface area contributed by atoms with E-state index in [9.17, 15) is 22.8 Å². The van der Waals surface area contributed by atoms with Gasteiger partial charge in [0.25, 0.3) is 0 Å². The molecule has 1 atom stereocenters. The number of aryl methyl sites for hydroxylation is 1. The minimum atomic E-state index is -1.53. The Morgan fingerprint density at radius 2 is 1.68 bits per heavy atom. The van der Waals surface area contributed by atoms with Crippen molar-refractivity contribution in [1.82, 2.24) is 10.6 Å². The molecule has 0 saturated heterocycles. The second-order valence-corrected chi connectivity index (χ2v) is 6.65. The molecular formula is C17H19F3N2O3. The van der Waals surface area contributed by atoms with Crippen LogP contribution < -0.4 is 10.6 Å². The monoisotopic (exact) mass is 356 g/mol. The number of hydrogen-bond acceptors (Lipinski definition) is 2. The number of carbonyl (C=O) groups excluding carboxylic acids is 1. The van der Waals surface area contributed by atoms with Gasteiger partial charge in [0.2, 0.25) is 0 Å². The first-order chi connectivity index (χ1) is 11.9. The van der Waals surface area contributed by atoms with Gasteiger partial charge in [-0.25, -0.2) is 18.0 Å². The summed E-state index contributed by atoms with van der Waals surface area (Å²) in [5.41, 5.74) is 0.368. The van der Waals surface area contributed by atoms with Crippen LogP contribution in [0.4, 0.5) is 18.0 Å². The highest BCUT2D eigenvalue weighted by Crippen LogP contribution is 2.35. The van der Waals surface area contributed by atoms with Crippen molar-refractivity contribution in [3.63, 3.8) is 0 Å². The first kappa shape index (κ1) is 17.6. The summed E-state index contributed by atoms with van der Waals surface area (Å²) in [6, 6.07) is -0.395. The van der Waals surface area contributed by atoms with E-state index < -0.39 is 35.5 Å². The number of benzene rings is 1. The maximum Gasteiger partial charge on any atom is 0.315 e.